The predicted octanol–water partition coefficient (Wildman–Crippen LogP) is 1.21. The summed E-state index contributed by atoms with van der Waals surface area (Å²) in [6.07, 6.45) is 3.70. The summed E-state index contributed by atoms with van der Waals surface area (Å²) in [6, 6.07) is 0. The van der Waals surface area contributed by atoms with E-state index in [0.717, 1.165) is 11.3 Å². The third-order valence-electron chi connectivity index (χ3n) is 2.18. The fourth-order valence-electron chi connectivity index (χ4n) is 1.42. The maximum atomic E-state index is 5.94. The van der Waals surface area contributed by atoms with Crippen molar-refractivity contribution in [1.29, 1.82) is 0 Å². The van der Waals surface area contributed by atoms with Crippen molar-refractivity contribution < 1.29 is 0 Å². The van der Waals surface area contributed by atoms with Crippen LogP contribution in [0.1, 0.15) is 11.3 Å². The molecular weight excluding hydrogens is 214 g/mol. The topological polar surface area (TPSA) is 61.7 Å². The van der Waals surface area contributed by atoms with E-state index in [-0.39, 0.29) is 0 Å². The molecule has 6 heteroatoms. The molecule has 0 saturated heterocycles. The minimum Gasteiger partial charge on any atom is -0.383 e. The molecule has 2 aromatic heterocycles. The lowest BCUT2D eigenvalue weighted by atomic mass is 10.3. The van der Waals surface area contributed by atoms with Gasteiger partial charge in [0.1, 0.15) is 10.8 Å². The number of nitrogen functional groups attached to an aromatic ring is 1. The SMILES string of the molecule is Cc1nn(Cc2cnn(C)c2)c(N)c1Cl. The third-order valence-corrected chi connectivity index (χ3v) is 2.65. The molecule has 0 aliphatic rings. The number of halogens is 1. The molecule has 0 spiro atoms. The average Bonchev–Trinajstić information content (AvgIpc) is 2.68. The molecule has 0 aliphatic heterocycles. The molecule has 0 atom stereocenters. The van der Waals surface area contributed by atoms with E-state index in [4.69, 9.17) is 17.3 Å². The summed E-state index contributed by atoms with van der Waals surface area (Å²) in [4.78, 5) is 0. The Bertz CT molecular complexity index is 485. The molecule has 0 aromatic carbocycles. The maximum Gasteiger partial charge on any atom is 0.141 e. The zero-order valence-electron chi connectivity index (χ0n) is 8.61. The van der Waals surface area contributed by atoms with E-state index in [0.29, 0.717) is 17.4 Å². The molecule has 15 heavy (non-hydrogen) atoms. The van der Waals surface area contributed by atoms with Crippen molar-refractivity contribution in [3.05, 3.63) is 28.7 Å². The second-order valence-electron chi connectivity index (χ2n) is 3.46. The largest absolute Gasteiger partial charge is 0.383 e. The minimum atomic E-state index is 0.498. The van der Waals surface area contributed by atoms with E-state index in [1.165, 1.54) is 0 Å². The van der Waals surface area contributed by atoms with Crippen LogP contribution < -0.4 is 5.73 Å². The van der Waals surface area contributed by atoms with Gasteiger partial charge >= 0.3 is 0 Å². The molecular formula is C9H12ClN5. The van der Waals surface area contributed by atoms with Gasteiger partial charge in [0.2, 0.25) is 0 Å². The molecule has 0 amide bonds. The summed E-state index contributed by atoms with van der Waals surface area (Å²) < 4.78 is 3.41. The van der Waals surface area contributed by atoms with Crippen molar-refractivity contribution >= 4 is 17.4 Å². The smallest absolute Gasteiger partial charge is 0.141 e. The van der Waals surface area contributed by atoms with Gasteiger partial charge in [-0.3, -0.25) is 4.68 Å². The first-order valence-corrected chi connectivity index (χ1v) is 4.91. The molecule has 2 heterocycles. The first-order chi connectivity index (χ1) is 7.08. The highest BCUT2D eigenvalue weighted by Crippen LogP contribution is 2.22. The van der Waals surface area contributed by atoms with Crippen LogP contribution in [0.2, 0.25) is 5.02 Å². The molecule has 80 valence electrons. The van der Waals surface area contributed by atoms with E-state index in [1.807, 2.05) is 20.2 Å². The molecule has 2 N–H and O–H groups in total. The number of nitrogens with zero attached hydrogens (tertiary/aromatic N) is 4. The molecule has 0 aliphatic carbocycles. The molecule has 0 fully saturated rings. The quantitative estimate of drug-likeness (QED) is 0.836. The Kier molecular flexibility index (Phi) is 2.40. The Balaban J connectivity index is 2.28. The average molecular weight is 226 g/mol. The van der Waals surface area contributed by atoms with Gasteiger partial charge < -0.3 is 5.73 Å². The van der Waals surface area contributed by atoms with Crippen molar-refractivity contribution in [3.8, 4) is 0 Å². The summed E-state index contributed by atoms with van der Waals surface area (Å²) in [5.74, 6) is 0.498. The number of hydrogen-bond acceptors (Lipinski definition) is 3. The molecule has 0 radical (unpaired) electrons. The highest BCUT2D eigenvalue weighted by atomic mass is 35.5. The fraction of sp³-hybridized carbons (Fsp3) is 0.333. The van der Waals surface area contributed by atoms with Crippen LogP contribution >= 0.6 is 11.6 Å². The number of rotatable bonds is 2. The van der Waals surface area contributed by atoms with E-state index < -0.39 is 0 Å². The van der Waals surface area contributed by atoms with Crippen LogP contribution in [0, 0.1) is 6.92 Å². The highest BCUT2D eigenvalue weighted by molar-refractivity contribution is 6.33. The Hall–Kier alpha value is -1.49. The lowest BCUT2D eigenvalue weighted by Crippen LogP contribution is -2.05. The molecule has 0 saturated carbocycles. The van der Waals surface area contributed by atoms with Crippen molar-refractivity contribution in [2.45, 2.75) is 13.5 Å². The molecule has 0 unspecified atom stereocenters. The van der Waals surface area contributed by atoms with Crippen molar-refractivity contribution in [1.82, 2.24) is 19.6 Å². The number of hydrogen-bond donors (Lipinski definition) is 1. The summed E-state index contributed by atoms with van der Waals surface area (Å²) in [6.45, 7) is 2.42. The van der Waals surface area contributed by atoms with Crippen LogP contribution in [0.5, 0.6) is 0 Å². The Morgan fingerprint density at radius 3 is 2.73 bits per heavy atom. The van der Waals surface area contributed by atoms with E-state index in [9.17, 15) is 0 Å². The summed E-state index contributed by atoms with van der Waals surface area (Å²) in [5.41, 5.74) is 7.59. The third kappa shape index (κ3) is 1.83. The van der Waals surface area contributed by atoms with Crippen LogP contribution in [-0.2, 0) is 13.6 Å². The van der Waals surface area contributed by atoms with E-state index >= 15 is 0 Å². The zero-order chi connectivity index (χ0) is 11.0. The fourth-order valence-corrected chi connectivity index (χ4v) is 1.56. The number of aryl methyl sites for hydroxylation is 2. The summed E-state index contributed by atoms with van der Waals surface area (Å²) >= 11 is 5.94. The van der Waals surface area contributed by atoms with E-state index in [1.54, 1.807) is 15.6 Å². The molecule has 2 aromatic rings. The van der Waals surface area contributed by atoms with Crippen molar-refractivity contribution in [2.24, 2.45) is 7.05 Å². The second kappa shape index (κ2) is 3.58. The second-order valence-corrected chi connectivity index (χ2v) is 3.84. The van der Waals surface area contributed by atoms with Crippen LogP contribution in [0.4, 0.5) is 5.82 Å². The van der Waals surface area contributed by atoms with Gasteiger partial charge in [-0.1, -0.05) is 11.6 Å². The number of nitrogens with two attached hydrogens (primary N) is 1. The Morgan fingerprint density at radius 2 is 2.27 bits per heavy atom. The van der Waals surface area contributed by atoms with Gasteiger partial charge in [-0.05, 0) is 6.92 Å². The van der Waals surface area contributed by atoms with E-state index in [2.05, 4.69) is 10.2 Å². The van der Waals surface area contributed by atoms with Gasteiger partial charge in [0.15, 0.2) is 0 Å². The highest BCUT2D eigenvalue weighted by Gasteiger charge is 2.10. The Labute approximate surface area is 92.4 Å². The van der Waals surface area contributed by atoms with Gasteiger partial charge in [-0.2, -0.15) is 10.2 Å². The molecule has 0 bridgehead atoms. The van der Waals surface area contributed by atoms with Crippen molar-refractivity contribution in [2.75, 3.05) is 5.73 Å². The zero-order valence-corrected chi connectivity index (χ0v) is 9.36. The van der Waals surface area contributed by atoms with Crippen LogP contribution in [0.3, 0.4) is 0 Å². The van der Waals surface area contributed by atoms with Crippen LogP contribution in [0.15, 0.2) is 12.4 Å². The first kappa shape index (κ1) is 10.0. The normalized spacial score (nSPS) is 10.9. The predicted molar refractivity (Wildman–Crippen MR) is 58.7 cm³/mol. The van der Waals surface area contributed by atoms with Gasteiger partial charge in [0, 0.05) is 18.8 Å². The lowest BCUT2D eigenvalue weighted by molar-refractivity contribution is 0.688. The summed E-state index contributed by atoms with van der Waals surface area (Å²) in [5, 5.41) is 8.84. The molecule has 2 rings (SSSR count). The van der Waals surface area contributed by atoms with Crippen LogP contribution in [0.25, 0.3) is 0 Å². The number of anilines is 1. The standard InChI is InChI=1S/C9H12ClN5/c1-6-8(10)9(11)15(13-6)5-7-3-12-14(2)4-7/h3-4H,5,11H2,1-2H3. The van der Waals surface area contributed by atoms with Crippen molar-refractivity contribution in [3.63, 3.8) is 0 Å². The maximum absolute atomic E-state index is 5.94. The molecule has 5 nitrogen and oxygen atoms in total. The van der Waals surface area contributed by atoms with Gasteiger partial charge in [0.25, 0.3) is 0 Å². The lowest BCUT2D eigenvalue weighted by Gasteiger charge is -2.00. The van der Waals surface area contributed by atoms with Gasteiger partial charge in [-0.15, -0.1) is 0 Å². The minimum absolute atomic E-state index is 0.498. The van der Waals surface area contributed by atoms with Gasteiger partial charge in [-0.25, -0.2) is 4.68 Å². The van der Waals surface area contributed by atoms with Crippen LogP contribution in [-0.4, -0.2) is 19.6 Å². The first-order valence-electron chi connectivity index (χ1n) is 4.54. The monoisotopic (exact) mass is 225 g/mol. The van der Waals surface area contributed by atoms with Gasteiger partial charge in [0.05, 0.1) is 18.4 Å². The summed E-state index contributed by atoms with van der Waals surface area (Å²) in [7, 11) is 1.87. The Morgan fingerprint density at radius 1 is 1.53 bits per heavy atom. The number of aromatic nitrogens is 4.